The van der Waals surface area contributed by atoms with E-state index in [0.717, 1.165) is 0 Å². The van der Waals surface area contributed by atoms with Crippen LogP contribution in [-0.4, -0.2) is 25.7 Å². The van der Waals surface area contributed by atoms with E-state index in [2.05, 4.69) is 5.32 Å². The summed E-state index contributed by atoms with van der Waals surface area (Å²) in [6.07, 6.45) is 1.14. The maximum atomic E-state index is 13.8. The van der Waals surface area contributed by atoms with Crippen LogP contribution >= 0.6 is 0 Å². The average molecular weight is 294 g/mol. The molecular weight excluding hydrogens is 279 g/mol. The van der Waals surface area contributed by atoms with E-state index in [9.17, 15) is 22.0 Å². The Kier molecular flexibility index (Phi) is 4.17. The van der Waals surface area contributed by atoms with E-state index < -0.39 is 34.8 Å². The van der Waals surface area contributed by atoms with Crippen molar-refractivity contribution in [2.45, 2.75) is 31.8 Å². The van der Waals surface area contributed by atoms with Gasteiger partial charge in [-0.15, -0.1) is 0 Å². The van der Waals surface area contributed by atoms with E-state index in [1.54, 1.807) is 14.0 Å². The third kappa shape index (κ3) is 2.34. The van der Waals surface area contributed by atoms with Gasteiger partial charge in [0.2, 0.25) is 5.82 Å². The van der Waals surface area contributed by atoms with Crippen LogP contribution in [0.1, 0.15) is 19.8 Å². The Hall–Kier alpha value is -1.37. The summed E-state index contributed by atoms with van der Waals surface area (Å²) < 4.78 is 67.0. The smallest absolute Gasteiger partial charge is 0.200 e. The number of halogens is 5. The first-order chi connectivity index (χ1) is 9.38. The van der Waals surface area contributed by atoms with Gasteiger partial charge >= 0.3 is 0 Å². The molecule has 1 aromatic rings. The molecule has 1 fully saturated rings. The first-order valence-corrected chi connectivity index (χ1v) is 6.33. The Morgan fingerprint density at radius 3 is 1.90 bits per heavy atom. The normalized spacial score (nSPS) is 23.2. The zero-order valence-electron chi connectivity index (χ0n) is 11.1. The Labute approximate surface area is 113 Å². The van der Waals surface area contributed by atoms with Gasteiger partial charge in [-0.25, -0.2) is 22.0 Å². The van der Waals surface area contributed by atoms with Crippen LogP contribution in [0.25, 0.3) is 0 Å². The fraction of sp³-hybridized carbons (Fsp3) is 0.538. The standard InChI is InChI=1S/C13H15F5N2/c1-6-5-7(19-2)3-4-20(6)13-11(17)9(15)8(14)10(16)12(13)18/h6-7,19H,3-5H2,1-2H3. The molecule has 1 aliphatic rings. The lowest BCUT2D eigenvalue weighted by Gasteiger charge is -2.39. The molecular formula is C13H15F5N2. The van der Waals surface area contributed by atoms with E-state index in [0.29, 0.717) is 12.8 Å². The summed E-state index contributed by atoms with van der Waals surface area (Å²) in [5.41, 5.74) is -0.830. The van der Waals surface area contributed by atoms with Crippen LogP contribution in [0.2, 0.25) is 0 Å². The van der Waals surface area contributed by atoms with Crippen LogP contribution in [-0.2, 0) is 0 Å². The van der Waals surface area contributed by atoms with Crippen molar-refractivity contribution in [3.63, 3.8) is 0 Å². The first kappa shape index (κ1) is 15.0. The number of benzene rings is 1. The lowest BCUT2D eigenvalue weighted by Crippen LogP contribution is -2.47. The van der Waals surface area contributed by atoms with E-state index >= 15 is 0 Å². The number of rotatable bonds is 2. The SMILES string of the molecule is CNC1CCN(c2c(F)c(F)c(F)c(F)c2F)C(C)C1. The van der Waals surface area contributed by atoms with Gasteiger partial charge in [0.05, 0.1) is 0 Å². The second kappa shape index (κ2) is 5.55. The molecule has 0 aromatic heterocycles. The van der Waals surface area contributed by atoms with Gasteiger partial charge in [-0.2, -0.15) is 0 Å². The van der Waals surface area contributed by atoms with E-state index in [1.807, 2.05) is 0 Å². The van der Waals surface area contributed by atoms with Crippen molar-refractivity contribution < 1.29 is 22.0 Å². The van der Waals surface area contributed by atoms with Crippen molar-refractivity contribution in [3.8, 4) is 0 Å². The highest BCUT2D eigenvalue weighted by Crippen LogP contribution is 2.33. The fourth-order valence-corrected chi connectivity index (χ4v) is 2.61. The monoisotopic (exact) mass is 294 g/mol. The van der Waals surface area contributed by atoms with Crippen LogP contribution in [0.5, 0.6) is 0 Å². The van der Waals surface area contributed by atoms with Crippen molar-refractivity contribution >= 4 is 5.69 Å². The van der Waals surface area contributed by atoms with Crippen molar-refractivity contribution in [1.82, 2.24) is 5.32 Å². The molecule has 1 aliphatic heterocycles. The minimum atomic E-state index is -2.12. The predicted octanol–water partition coefficient (Wildman–Crippen LogP) is 2.96. The molecule has 1 saturated heterocycles. The highest BCUT2D eigenvalue weighted by molar-refractivity contribution is 5.51. The van der Waals surface area contributed by atoms with Crippen LogP contribution in [0.4, 0.5) is 27.6 Å². The first-order valence-electron chi connectivity index (χ1n) is 6.33. The van der Waals surface area contributed by atoms with E-state index in [-0.39, 0.29) is 18.6 Å². The molecule has 2 unspecified atom stereocenters. The minimum absolute atomic E-state index is 0.169. The molecule has 1 heterocycles. The number of hydrogen-bond acceptors (Lipinski definition) is 2. The molecule has 112 valence electrons. The molecule has 1 aromatic carbocycles. The van der Waals surface area contributed by atoms with Gasteiger partial charge in [-0.3, -0.25) is 0 Å². The fourth-order valence-electron chi connectivity index (χ4n) is 2.61. The maximum absolute atomic E-state index is 13.8. The summed E-state index contributed by atoms with van der Waals surface area (Å²) in [7, 11) is 1.77. The van der Waals surface area contributed by atoms with Gasteiger partial charge in [0.15, 0.2) is 23.3 Å². The van der Waals surface area contributed by atoms with Crippen LogP contribution in [0, 0.1) is 29.1 Å². The van der Waals surface area contributed by atoms with Gasteiger partial charge in [0.1, 0.15) is 5.69 Å². The lowest BCUT2D eigenvalue weighted by atomic mass is 9.97. The molecule has 0 saturated carbocycles. The number of piperidine rings is 1. The Morgan fingerprint density at radius 1 is 0.950 bits per heavy atom. The molecule has 2 rings (SSSR count). The number of nitrogens with one attached hydrogen (secondary N) is 1. The second-order valence-corrected chi connectivity index (χ2v) is 4.97. The molecule has 2 atom stereocenters. The predicted molar refractivity (Wildman–Crippen MR) is 65.1 cm³/mol. The quantitative estimate of drug-likeness (QED) is 0.512. The number of anilines is 1. The molecule has 0 aliphatic carbocycles. The largest absolute Gasteiger partial charge is 0.364 e. The summed E-state index contributed by atoms with van der Waals surface area (Å²) in [6.45, 7) is 1.92. The zero-order valence-corrected chi connectivity index (χ0v) is 11.1. The summed E-state index contributed by atoms with van der Waals surface area (Å²) in [4.78, 5) is 1.24. The molecule has 0 bridgehead atoms. The molecule has 0 amide bonds. The summed E-state index contributed by atoms with van der Waals surface area (Å²) >= 11 is 0. The Balaban J connectivity index is 2.43. The summed E-state index contributed by atoms with van der Waals surface area (Å²) in [6, 6.07) is -0.156. The maximum Gasteiger partial charge on any atom is 0.200 e. The average Bonchev–Trinajstić information content (AvgIpc) is 2.44. The third-order valence-corrected chi connectivity index (χ3v) is 3.76. The molecule has 20 heavy (non-hydrogen) atoms. The van der Waals surface area contributed by atoms with Gasteiger partial charge < -0.3 is 10.2 Å². The van der Waals surface area contributed by atoms with Gasteiger partial charge in [-0.1, -0.05) is 0 Å². The van der Waals surface area contributed by atoms with Crippen molar-refractivity contribution in [3.05, 3.63) is 29.1 Å². The van der Waals surface area contributed by atoms with Crippen molar-refractivity contribution in [2.24, 2.45) is 0 Å². The molecule has 1 N–H and O–H groups in total. The molecule has 0 spiro atoms. The second-order valence-electron chi connectivity index (χ2n) is 4.97. The number of nitrogens with zero attached hydrogens (tertiary/aromatic N) is 1. The highest BCUT2D eigenvalue weighted by Gasteiger charge is 2.33. The summed E-state index contributed by atoms with van der Waals surface area (Å²) in [5, 5.41) is 3.05. The molecule has 7 heteroatoms. The van der Waals surface area contributed by atoms with Crippen molar-refractivity contribution in [1.29, 1.82) is 0 Å². The van der Waals surface area contributed by atoms with Crippen molar-refractivity contribution in [2.75, 3.05) is 18.5 Å². The molecule has 0 radical (unpaired) electrons. The van der Waals surface area contributed by atoms with Crippen LogP contribution in [0.15, 0.2) is 0 Å². The Morgan fingerprint density at radius 2 is 1.45 bits per heavy atom. The van der Waals surface area contributed by atoms with Crippen LogP contribution < -0.4 is 10.2 Å². The van der Waals surface area contributed by atoms with Gasteiger partial charge in [-0.05, 0) is 26.8 Å². The van der Waals surface area contributed by atoms with Gasteiger partial charge in [0.25, 0.3) is 0 Å². The van der Waals surface area contributed by atoms with E-state index in [4.69, 9.17) is 0 Å². The zero-order chi connectivity index (χ0) is 15.0. The topological polar surface area (TPSA) is 15.3 Å². The third-order valence-electron chi connectivity index (χ3n) is 3.76. The number of hydrogen-bond donors (Lipinski definition) is 1. The molecule has 2 nitrogen and oxygen atoms in total. The van der Waals surface area contributed by atoms with Gasteiger partial charge in [0, 0.05) is 18.6 Å². The van der Waals surface area contributed by atoms with E-state index in [1.165, 1.54) is 4.90 Å². The Bertz CT molecular complexity index is 491. The lowest BCUT2D eigenvalue weighted by molar-refractivity contribution is 0.355. The highest BCUT2D eigenvalue weighted by atomic mass is 19.2. The minimum Gasteiger partial charge on any atom is -0.364 e. The van der Waals surface area contributed by atoms with Crippen LogP contribution in [0.3, 0.4) is 0 Å². The summed E-state index contributed by atoms with van der Waals surface area (Å²) in [5.74, 6) is -9.46.